The molecule has 8 N–H and O–H groups in total. The molecular formula is C46H66N9O3S+. The van der Waals surface area contributed by atoms with Gasteiger partial charge in [0.15, 0.2) is 0 Å². The second-order valence-corrected chi connectivity index (χ2v) is 19.9. The van der Waals surface area contributed by atoms with Crippen LogP contribution < -0.4 is 16.0 Å². The van der Waals surface area contributed by atoms with Crippen LogP contribution in [0.4, 0.5) is 5.13 Å². The van der Waals surface area contributed by atoms with Crippen molar-refractivity contribution >= 4 is 43.9 Å². The number of para-hydroxylation sites is 1. The Morgan fingerprint density at radius 2 is 1.75 bits per heavy atom. The molecule has 1 aromatic carbocycles. The molecule has 5 fully saturated rings. The van der Waals surface area contributed by atoms with E-state index in [1.54, 1.807) is 0 Å². The Morgan fingerprint density at radius 3 is 2.44 bits per heavy atom. The first-order valence-electron chi connectivity index (χ1n) is 21.7. The molecule has 4 heterocycles. The number of rotatable bonds is 12. The first-order valence-corrected chi connectivity index (χ1v) is 22.5. The van der Waals surface area contributed by atoms with E-state index in [1.165, 1.54) is 67.6 Å². The van der Waals surface area contributed by atoms with Crippen LogP contribution in [0.3, 0.4) is 0 Å². The normalized spacial score (nSPS) is 29.2. The van der Waals surface area contributed by atoms with Crippen molar-refractivity contribution in [2.75, 3.05) is 33.3 Å². The number of nitrogens with zero attached hydrogens (tertiary/aromatic N) is 5. The summed E-state index contributed by atoms with van der Waals surface area (Å²) in [7, 11) is 2.19. The van der Waals surface area contributed by atoms with E-state index >= 15 is 0 Å². The smallest absolute Gasteiger partial charge is 0.299 e. The number of hydrogen-bond acceptors (Lipinski definition) is 9. The Bertz CT molecular complexity index is 2190. The summed E-state index contributed by atoms with van der Waals surface area (Å²) in [5, 5.41) is 48.9. The van der Waals surface area contributed by atoms with Crippen LogP contribution in [-0.2, 0) is 6.54 Å². The van der Waals surface area contributed by atoms with Crippen LogP contribution in [0.1, 0.15) is 110 Å². The Hall–Kier alpha value is -4.46. The van der Waals surface area contributed by atoms with Gasteiger partial charge >= 0.3 is 0 Å². The van der Waals surface area contributed by atoms with E-state index in [0.29, 0.717) is 57.4 Å². The standard InChI is InChI=1S/C44H59N9O3S.C2H6/c1-28(37(45)50-40-48-33-11-6-7-12-34(33)57-40)30-10-8-17-52(38(30)46)35-14-13-31(36(49-35)39(55)56)32-20-47-53(29(32)2)27-44-24-41(3)21-42(4,25-44)23-43(22-41,26-44)15-9-16-51(5)18-19-54;1-2/h6-7,11-14,20,46,49,54-56H,8-10,15-19,21-27H2,1-5H3,(H2,45,48,50);1-2H3/p+1/b30-28-,46-38?;. The number of benzene rings is 1. The number of piperidine rings is 1. The molecule has 3 atom stereocenters. The van der Waals surface area contributed by atoms with Gasteiger partial charge in [-0.2, -0.15) is 5.10 Å². The number of fused-ring (bicyclic) bond motifs is 1. The molecule has 13 heteroatoms. The molecule has 6 aliphatic rings. The summed E-state index contributed by atoms with van der Waals surface area (Å²) in [5.74, 6) is 0.406. The number of aliphatic hydroxyl groups excluding tert-OH is 2. The molecule has 1 saturated heterocycles. The van der Waals surface area contributed by atoms with Crippen LogP contribution in [-0.4, -0.2) is 79.9 Å². The highest BCUT2D eigenvalue weighted by Gasteiger charge is 2.65. The molecule has 12 nitrogen and oxygen atoms in total. The third-order valence-electron chi connectivity index (χ3n) is 13.7. The molecule has 0 radical (unpaired) electrons. The van der Waals surface area contributed by atoms with Gasteiger partial charge in [-0.3, -0.25) is 10.1 Å². The minimum atomic E-state index is -0.808. The van der Waals surface area contributed by atoms with Gasteiger partial charge in [0, 0.05) is 35.5 Å². The van der Waals surface area contributed by atoms with Crippen molar-refractivity contribution in [2.24, 2.45) is 32.4 Å². The zero-order chi connectivity index (χ0) is 42.3. The molecule has 3 unspecified atom stereocenters. The number of nitrogens with two attached hydrogens (primary N) is 1. The SMILES string of the molecule is CC.CC(=C1\CCCN(C2=CC=C(c3cnn(CC45CC6(C)CC(C)(CC(CCC[NH+](C)CCO)(C6)C4)C5)c3C)C(=C(O)O)N2)C1=N)/C(N)=N\c1nc2ccccc2s1. The number of allylic oxidation sites excluding steroid dienone is 3. The summed E-state index contributed by atoms with van der Waals surface area (Å²) in [6, 6.07) is 7.89. The van der Waals surface area contributed by atoms with Crippen LogP contribution in [0.25, 0.3) is 15.8 Å². The van der Waals surface area contributed by atoms with Crippen LogP contribution in [0, 0.1) is 34.0 Å². The molecule has 2 aliphatic heterocycles. The highest BCUT2D eigenvalue weighted by atomic mass is 32.1. The van der Waals surface area contributed by atoms with Crippen molar-refractivity contribution in [3.8, 4) is 0 Å². The third kappa shape index (κ3) is 8.48. The van der Waals surface area contributed by atoms with Crippen LogP contribution in [0.2, 0.25) is 0 Å². The number of quaternary nitrogens is 1. The molecule has 0 spiro atoms. The van der Waals surface area contributed by atoms with Gasteiger partial charge in [0.1, 0.15) is 29.7 Å². The summed E-state index contributed by atoms with van der Waals surface area (Å²) in [6.45, 7) is 16.7. The average molecular weight is 825 g/mol. The van der Waals surface area contributed by atoms with Gasteiger partial charge in [0.25, 0.3) is 5.95 Å². The number of amidine groups is 2. The highest BCUT2D eigenvalue weighted by Crippen LogP contribution is 2.75. The van der Waals surface area contributed by atoms with Gasteiger partial charge in [-0.15, -0.1) is 0 Å². The highest BCUT2D eigenvalue weighted by molar-refractivity contribution is 7.22. The van der Waals surface area contributed by atoms with E-state index in [2.05, 4.69) is 47.8 Å². The number of thiazole rings is 1. The van der Waals surface area contributed by atoms with E-state index in [1.807, 2.05) is 68.3 Å². The fourth-order valence-corrected chi connectivity index (χ4v) is 13.5. The van der Waals surface area contributed by atoms with Gasteiger partial charge < -0.3 is 36.2 Å². The average Bonchev–Trinajstić information content (AvgIpc) is 3.75. The molecule has 9 rings (SSSR count). The largest absolute Gasteiger partial charge is 0.480 e. The van der Waals surface area contributed by atoms with Gasteiger partial charge in [-0.1, -0.05) is 51.2 Å². The number of aliphatic hydroxyl groups is 3. The van der Waals surface area contributed by atoms with Crippen LogP contribution >= 0.6 is 11.3 Å². The molecule has 318 valence electrons. The van der Waals surface area contributed by atoms with Crippen molar-refractivity contribution in [3.63, 3.8) is 0 Å². The van der Waals surface area contributed by atoms with Gasteiger partial charge in [0.05, 0.1) is 36.6 Å². The Kier molecular flexibility index (Phi) is 12.0. The van der Waals surface area contributed by atoms with Crippen molar-refractivity contribution in [1.82, 2.24) is 25.0 Å². The van der Waals surface area contributed by atoms with Crippen molar-refractivity contribution in [3.05, 3.63) is 82.5 Å². The predicted molar refractivity (Wildman–Crippen MR) is 239 cm³/mol. The number of likely N-dealkylation sites (N-methyl/N-ethyl adjacent to an activating group) is 1. The molecule has 3 aromatic rings. The second-order valence-electron chi connectivity index (χ2n) is 18.9. The molecule has 0 amide bonds. The fraction of sp³-hybridized carbons (Fsp3) is 0.565. The lowest BCUT2D eigenvalue weighted by molar-refractivity contribution is -0.880. The molecule has 59 heavy (non-hydrogen) atoms. The zero-order valence-electron chi connectivity index (χ0n) is 36.2. The van der Waals surface area contributed by atoms with Crippen molar-refractivity contribution < 1.29 is 20.2 Å². The number of nitrogens with one attached hydrogen (secondary N) is 3. The molecular weight excluding hydrogens is 759 g/mol. The van der Waals surface area contributed by atoms with E-state index in [4.69, 9.17) is 10.8 Å². The molecule has 4 aliphatic carbocycles. The minimum Gasteiger partial charge on any atom is -0.480 e. The number of aromatic nitrogens is 3. The first kappa shape index (κ1) is 42.7. The van der Waals surface area contributed by atoms with Crippen molar-refractivity contribution in [2.45, 2.75) is 112 Å². The van der Waals surface area contributed by atoms with Gasteiger partial charge in [-0.05, 0) is 130 Å². The second kappa shape index (κ2) is 16.5. The van der Waals surface area contributed by atoms with Crippen LogP contribution in [0.5, 0.6) is 0 Å². The molecule has 4 bridgehead atoms. The third-order valence-corrected chi connectivity index (χ3v) is 14.6. The fourth-order valence-electron chi connectivity index (χ4n) is 12.6. The quantitative estimate of drug-likeness (QED) is 0.0554. The maximum absolute atomic E-state index is 10.7. The number of dihydropyridines is 1. The summed E-state index contributed by atoms with van der Waals surface area (Å²) in [4.78, 5) is 12.5. The van der Waals surface area contributed by atoms with E-state index < -0.39 is 5.95 Å². The van der Waals surface area contributed by atoms with E-state index in [-0.39, 0.29) is 17.7 Å². The Morgan fingerprint density at radius 1 is 1.03 bits per heavy atom. The predicted octanol–water partition coefficient (Wildman–Crippen LogP) is 7.67. The maximum atomic E-state index is 10.7. The zero-order valence-corrected chi connectivity index (χ0v) is 37.0. The molecule has 4 saturated carbocycles. The maximum Gasteiger partial charge on any atom is 0.299 e. The van der Waals surface area contributed by atoms with Crippen LogP contribution in [0.15, 0.2) is 76.2 Å². The minimum absolute atomic E-state index is 0.167. The summed E-state index contributed by atoms with van der Waals surface area (Å²) >= 11 is 1.48. The van der Waals surface area contributed by atoms with E-state index in [0.717, 1.165) is 58.7 Å². The van der Waals surface area contributed by atoms with E-state index in [9.17, 15) is 20.7 Å². The molecule has 2 aromatic heterocycles. The lowest BCUT2D eigenvalue weighted by atomic mass is 9.35. The Labute approximate surface area is 353 Å². The summed E-state index contributed by atoms with van der Waals surface area (Å²) < 4.78 is 3.22. The van der Waals surface area contributed by atoms with Gasteiger partial charge in [0.2, 0.25) is 5.13 Å². The number of hydrogen-bond donors (Lipinski definition) is 7. The number of aliphatic imine (C=N–C) groups is 1. The monoisotopic (exact) mass is 825 g/mol. The summed E-state index contributed by atoms with van der Waals surface area (Å²) in [5.41, 5.74) is 12.8. The Balaban J connectivity index is 0.00000260. The topological polar surface area (TPSA) is 173 Å². The summed E-state index contributed by atoms with van der Waals surface area (Å²) in [6.07, 6.45) is 17.2. The van der Waals surface area contributed by atoms with Gasteiger partial charge in [-0.25, -0.2) is 9.98 Å². The number of likely N-dealkylation sites (tertiary alicyclic amines) is 1. The van der Waals surface area contributed by atoms with Crippen molar-refractivity contribution in [1.29, 1.82) is 5.41 Å². The first-order chi connectivity index (χ1) is 28.1. The lowest BCUT2D eigenvalue weighted by Crippen LogP contribution is -3.09. The lowest BCUT2D eigenvalue weighted by Gasteiger charge is -2.70.